The van der Waals surface area contributed by atoms with Crippen molar-refractivity contribution in [3.63, 3.8) is 0 Å². The van der Waals surface area contributed by atoms with Gasteiger partial charge < -0.3 is 14.5 Å². The third-order valence-corrected chi connectivity index (χ3v) is 3.58. The normalized spacial score (nSPS) is 10.7. The summed E-state index contributed by atoms with van der Waals surface area (Å²) in [5.74, 6) is 1.42. The fourth-order valence-corrected chi connectivity index (χ4v) is 2.50. The zero-order valence-electron chi connectivity index (χ0n) is 12.6. The Labute approximate surface area is 127 Å². The monoisotopic (exact) mass is 296 g/mol. The summed E-state index contributed by atoms with van der Waals surface area (Å²) in [6.07, 6.45) is 1.66. The van der Waals surface area contributed by atoms with E-state index in [1.54, 1.807) is 26.5 Å². The quantitative estimate of drug-likeness (QED) is 0.807. The summed E-state index contributed by atoms with van der Waals surface area (Å²) < 4.78 is 10.7. The summed E-state index contributed by atoms with van der Waals surface area (Å²) in [6, 6.07) is 8.94. The van der Waals surface area contributed by atoms with Gasteiger partial charge in [-0.1, -0.05) is 0 Å². The zero-order chi connectivity index (χ0) is 15.7. The van der Waals surface area contributed by atoms with E-state index in [-0.39, 0.29) is 5.56 Å². The third-order valence-electron chi connectivity index (χ3n) is 3.58. The first-order valence-electron chi connectivity index (χ1n) is 6.85. The van der Waals surface area contributed by atoms with Crippen LogP contribution < -0.4 is 15.0 Å². The second-order valence-corrected chi connectivity index (χ2v) is 4.99. The molecular formula is C17H16N2O3. The molecule has 3 aromatic rings. The highest BCUT2D eigenvalue weighted by atomic mass is 16.5. The van der Waals surface area contributed by atoms with E-state index in [9.17, 15) is 4.79 Å². The minimum absolute atomic E-state index is 0.135. The molecule has 0 saturated heterocycles. The molecule has 0 spiro atoms. The van der Waals surface area contributed by atoms with Crippen molar-refractivity contribution in [2.24, 2.45) is 0 Å². The Kier molecular flexibility index (Phi) is 3.55. The number of aryl methyl sites for hydroxylation is 1. The van der Waals surface area contributed by atoms with E-state index < -0.39 is 0 Å². The first kappa shape index (κ1) is 14.1. The summed E-state index contributed by atoms with van der Waals surface area (Å²) in [6.45, 7) is 2.01. The van der Waals surface area contributed by atoms with Crippen LogP contribution in [0.1, 0.15) is 5.56 Å². The van der Waals surface area contributed by atoms with Crippen molar-refractivity contribution in [3.8, 4) is 22.8 Å². The molecule has 0 unspecified atom stereocenters. The predicted octanol–water partition coefficient (Wildman–Crippen LogP) is 2.92. The summed E-state index contributed by atoms with van der Waals surface area (Å²) >= 11 is 0. The number of nitrogens with one attached hydrogen (secondary N) is 1. The van der Waals surface area contributed by atoms with Gasteiger partial charge in [0.15, 0.2) is 0 Å². The van der Waals surface area contributed by atoms with Gasteiger partial charge in [0.2, 0.25) is 5.56 Å². The Bertz CT molecular complexity index is 880. The minimum atomic E-state index is -0.135. The molecular weight excluding hydrogens is 280 g/mol. The van der Waals surface area contributed by atoms with E-state index in [0.29, 0.717) is 5.75 Å². The summed E-state index contributed by atoms with van der Waals surface area (Å²) in [5.41, 5.74) is 3.34. The molecule has 0 aliphatic heterocycles. The minimum Gasteiger partial charge on any atom is -0.497 e. The molecule has 3 rings (SSSR count). The third kappa shape index (κ3) is 2.41. The van der Waals surface area contributed by atoms with Crippen molar-refractivity contribution >= 4 is 10.9 Å². The number of aromatic amines is 1. The second-order valence-electron chi connectivity index (χ2n) is 4.99. The molecule has 1 N–H and O–H groups in total. The molecule has 0 bridgehead atoms. The van der Waals surface area contributed by atoms with Gasteiger partial charge in [-0.05, 0) is 24.6 Å². The maximum absolute atomic E-state index is 11.2. The molecule has 0 aliphatic carbocycles. The van der Waals surface area contributed by atoms with E-state index in [4.69, 9.17) is 9.47 Å². The van der Waals surface area contributed by atoms with Crippen LogP contribution >= 0.6 is 0 Å². The largest absolute Gasteiger partial charge is 0.497 e. The maximum atomic E-state index is 11.2. The highest BCUT2D eigenvalue weighted by Gasteiger charge is 2.11. The highest BCUT2D eigenvalue weighted by molar-refractivity contribution is 5.91. The number of hydrogen-bond donors (Lipinski definition) is 1. The summed E-state index contributed by atoms with van der Waals surface area (Å²) in [7, 11) is 3.24. The molecule has 0 atom stereocenters. The van der Waals surface area contributed by atoms with Crippen molar-refractivity contribution in [1.29, 1.82) is 0 Å². The van der Waals surface area contributed by atoms with Gasteiger partial charge in [-0.25, -0.2) is 4.98 Å². The van der Waals surface area contributed by atoms with Gasteiger partial charge in [0.05, 0.1) is 25.4 Å². The van der Waals surface area contributed by atoms with E-state index >= 15 is 0 Å². The Morgan fingerprint density at radius 1 is 1.09 bits per heavy atom. The molecule has 0 fully saturated rings. The van der Waals surface area contributed by atoms with Gasteiger partial charge in [0, 0.05) is 35.3 Å². The van der Waals surface area contributed by atoms with Crippen molar-refractivity contribution in [2.75, 3.05) is 14.2 Å². The lowest BCUT2D eigenvalue weighted by Crippen LogP contribution is -2.02. The van der Waals surface area contributed by atoms with Crippen molar-refractivity contribution in [2.45, 2.75) is 6.92 Å². The Hall–Kier alpha value is -2.82. The van der Waals surface area contributed by atoms with E-state index in [0.717, 1.165) is 33.5 Å². The van der Waals surface area contributed by atoms with Gasteiger partial charge in [-0.15, -0.1) is 0 Å². The lowest BCUT2D eigenvalue weighted by Gasteiger charge is -2.12. The molecule has 0 aliphatic rings. The van der Waals surface area contributed by atoms with E-state index in [2.05, 4.69) is 9.97 Å². The van der Waals surface area contributed by atoms with Crippen LogP contribution in [0.2, 0.25) is 0 Å². The van der Waals surface area contributed by atoms with Crippen LogP contribution in [0, 0.1) is 6.92 Å². The Morgan fingerprint density at radius 3 is 2.55 bits per heavy atom. The average molecular weight is 296 g/mol. The molecule has 0 radical (unpaired) electrons. The fraction of sp³-hybridized carbons (Fsp3) is 0.176. The van der Waals surface area contributed by atoms with Gasteiger partial charge in [-0.3, -0.25) is 4.79 Å². The molecule has 5 nitrogen and oxygen atoms in total. The lowest BCUT2D eigenvalue weighted by atomic mass is 10.0. The standard InChI is InChI=1S/C17H16N2O3/c1-10-6-13(11-4-5-16(20)18-9-11)19-14-7-12(21-2)8-15(22-3)17(10)14/h4-9H,1-3H3,(H,18,20). The van der Waals surface area contributed by atoms with Crippen LogP contribution in [0.3, 0.4) is 0 Å². The second kappa shape index (κ2) is 5.52. The number of pyridine rings is 2. The maximum Gasteiger partial charge on any atom is 0.247 e. The topological polar surface area (TPSA) is 64.2 Å². The molecule has 112 valence electrons. The van der Waals surface area contributed by atoms with Crippen molar-refractivity contribution < 1.29 is 9.47 Å². The number of ether oxygens (including phenoxy) is 2. The van der Waals surface area contributed by atoms with Crippen LogP contribution in [-0.2, 0) is 0 Å². The van der Waals surface area contributed by atoms with Crippen LogP contribution in [0.15, 0.2) is 41.3 Å². The number of benzene rings is 1. The van der Waals surface area contributed by atoms with E-state index in [1.165, 1.54) is 6.07 Å². The van der Waals surface area contributed by atoms with E-state index in [1.807, 2.05) is 25.1 Å². The van der Waals surface area contributed by atoms with Gasteiger partial charge in [0.1, 0.15) is 11.5 Å². The number of aromatic nitrogens is 2. The Morgan fingerprint density at radius 2 is 1.91 bits per heavy atom. The first-order valence-corrected chi connectivity index (χ1v) is 6.85. The smallest absolute Gasteiger partial charge is 0.247 e. The SMILES string of the molecule is COc1cc(OC)c2c(C)cc(-c3ccc(=O)[nH]c3)nc2c1. The molecule has 0 amide bonds. The van der Waals surface area contributed by atoms with Crippen LogP contribution in [0.25, 0.3) is 22.2 Å². The summed E-state index contributed by atoms with van der Waals surface area (Å²) in [4.78, 5) is 18.5. The lowest BCUT2D eigenvalue weighted by molar-refractivity contribution is 0.397. The number of fused-ring (bicyclic) bond motifs is 1. The number of rotatable bonds is 3. The highest BCUT2D eigenvalue weighted by Crippen LogP contribution is 2.34. The van der Waals surface area contributed by atoms with Gasteiger partial charge >= 0.3 is 0 Å². The average Bonchev–Trinajstić information content (AvgIpc) is 2.54. The first-order chi connectivity index (χ1) is 10.6. The van der Waals surface area contributed by atoms with Gasteiger partial charge in [0.25, 0.3) is 0 Å². The summed E-state index contributed by atoms with van der Waals surface area (Å²) in [5, 5.41) is 0.955. The van der Waals surface area contributed by atoms with Crippen molar-refractivity contribution in [3.05, 3.63) is 52.4 Å². The number of methoxy groups -OCH3 is 2. The number of hydrogen-bond acceptors (Lipinski definition) is 4. The van der Waals surface area contributed by atoms with Crippen LogP contribution in [0.5, 0.6) is 11.5 Å². The zero-order valence-corrected chi connectivity index (χ0v) is 12.6. The number of H-pyrrole nitrogens is 1. The van der Waals surface area contributed by atoms with Gasteiger partial charge in [-0.2, -0.15) is 0 Å². The molecule has 1 aromatic carbocycles. The molecule has 22 heavy (non-hydrogen) atoms. The Balaban J connectivity index is 2.27. The fourth-order valence-electron chi connectivity index (χ4n) is 2.50. The molecule has 5 heteroatoms. The van der Waals surface area contributed by atoms with Crippen LogP contribution in [-0.4, -0.2) is 24.2 Å². The number of nitrogens with zero attached hydrogens (tertiary/aromatic N) is 1. The van der Waals surface area contributed by atoms with Crippen LogP contribution in [0.4, 0.5) is 0 Å². The molecule has 2 heterocycles. The molecule has 0 saturated carbocycles. The molecule has 2 aromatic heterocycles. The predicted molar refractivity (Wildman–Crippen MR) is 85.6 cm³/mol. The van der Waals surface area contributed by atoms with Crippen molar-refractivity contribution in [1.82, 2.24) is 9.97 Å².